The summed E-state index contributed by atoms with van der Waals surface area (Å²) in [6.07, 6.45) is 0. The second kappa shape index (κ2) is 8.98. The summed E-state index contributed by atoms with van der Waals surface area (Å²) in [7, 11) is 0. The second-order valence-electron chi connectivity index (χ2n) is 5.35. The van der Waals surface area contributed by atoms with Gasteiger partial charge in [0.1, 0.15) is 12.4 Å². The molecule has 1 aromatic carbocycles. The monoisotopic (exact) mass is 278 g/mol. The van der Waals surface area contributed by atoms with Crippen LogP contribution in [0.1, 0.15) is 30.5 Å². The Kier molecular flexibility index (Phi) is 7.63. The lowest BCUT2D eigenvalue weighted by Crippen LogP contribution is -2.33. The van der Waals surface area contributed by atoms with Gasteiger partial charge in [0.2, 0.25) is 0 Å². The topological polar surface area (TPSA) is 24.5 Å². The van der Waals surface area contributed by atoms with Crippen LogP contribution in [0.4, 0.5) is 0 Å². The van der Waals surface area contributed by atoms with Gasteiger partial charge in [0.25, 0.3) is 0 Å². The standard InChI is InChI=1S/C17H30N2O/c1-6-19(7-2)10-8-18-9-11-20-17-15(4)12-14(3)13-16(17)5/h12-13,18H,6-11H2,1-5H3. The second-order valence-corrected chi connectivity index (χ2v) is 5.35. The highest BCUT2D eigenvalue weighted by molar-refractivity contribution is 5.42. The molecular formula is C17H30N2O. The number of nitrogens with zero attached hydrogens (tertiary/aromatic N) is 1. The van der Waals surface area contributed by atoms with Gasteiger partial charge in [0.05, 0.1) is 0 Å². The van der Waals surface area contributed by atoms with E-state index in [1.165, 1.54) is 16.7 Å². The number of rotatable bonds is 9. The Morgan fingerprint density at radius 1 is 1.00 bits per heavy atom. The molecular weight excluding hydrogens is 248 g/mol. The van der Waals surface area contributed by atoms with Crippen molar-refractivity contribution >= 4 is 0 Å². The molecule has 0 fully saturated rings. The first-order valence-corrected chi connectivity index (χ1v) is 7.72. The van der Waals surface area contributed by atoms with E-state index in [1.807, 2.05) is 0 Å². The van der Waals surface area contributed by atoms with Gasteiger partial charge in [-0.2, -0.15) is 0 Å². The molecule has 1 aromatic rings. The summed E-state index contributed by atoms with van der Waals surface area (Å²) in [6, 6.07) is 4.35. The largest absolute Gasteiger partial charge is 0.492 e. The quantitative estimate of drug-likeness (QED) is 0.703. The summed E-state index contributed by atoms with van der Waals surface area (Å²) in [5.41, 5.74) is 3.75. The van der Waals surface area contributed by atoms with Crippen molar-refractivity contribution in [3.63, 3.8) is 0 Å². The smallest absolute Gasteiger partial charge is 0.125 e. The van der Waals surface area contributed by atoms with Crippen molar-refractivity contribution in [1.82, 2.24) is 10.2 Å². The summed E-state index contributed by atoms with van der Waals surface area (Å²) in [5, 5.41) is 3.44. The molecule has 0 saturated carbocycles. The average molecular weight is 278 g/mol. The van der Waals surface area contributed by atoms with Gasteiger partial charge in [-0.15, -0.1) is 0 Å². The first-order valence-electron chi connectivity index (χ1n) is 7.72. The van der Waals surface area contributed by atoms with Crippen LogP contribution in [-0.4, -0.2) is 44.2 Å². The Balaban J connectivity index is 2.25. The molecule has 20 heavy (non-hydrogen) atoms. The van der Waals surface area contributed by atoms with Crippen LogP contribution in [0, 0.1) is 20.8 Å². The highest BCUT2D eigenvalue weighted by Crippen LogP contribution is 2.24. The molecule has 0 unspecified atom stereocenters. The summed E-state index contributed by atoms with van der Waals surface area (Å²) in [4.78, 5) is 2.42. The van der Waals surface area contributed by atoms with Gasteiger partial charge in [0.15, 0.2) is 0 Å². The lowest BCUT2D eigenvalue weighted by Gasteiger charge is -2.18. The summed E-state index contributed by atoms with van der Waals surface area (Å²) in [5.74, 6) is 1.04. The third kappa shape index (κ3) is 5.51. The molecule has 1 rings (SSSR count). The Hall–Kier alpha value is -1.06. The van der Waals surface area contributed by atoms with Crippen LogP contribution in [0.2, 0.25) is 0 Å². The van der Waals surface area contributed by atoms with E-state index in [0.29, 0.717) is 0 Å². The van der Waals surface area contributed by atoms with E-state index in [1.54, 1.807) is 0 Å². The maximum absolute atomic E-state index is 5.91. The van der Waals surface area contributed by atoms with Crippen LogP contribution >= 0.6 is 0 Å². The molecule has 3 heteroatoms. The van der Waals surface area contributed by atoms with E-state index >= 15 is 0 Å². The third-order valence-corrected chi connectivity index (χ3v) is 3.63. The van der Waals surface area contributed by atoms with Gasteiger partial charge >= 0.3 is 0 Å². The number of aryl methyl sites for hydroxylation is 3. The highest BCUT2D eigenvalue weighted by atomic mass is 16.5. The van der Waals surface area contributed by atoms with Crippen molar-refractivity contribution in [2.75, 3.05) is 39.3 Å². The van der Waals surface area contributed by atoms with Gasteiger partial charge in [-0.1, -0.05) is 31.5 Å². The minimum absolute atomic E-state index is 0.725. The minimum Gasteiger partial charge on any atom is -0.492 e. The zero-order valence-electron chi connectivity index (χ0n) is 13.8. The molecule has 0 saturated heterocycles. The molecule has 0 radical (unpaired) electrons. The molecule has 114 valence electrons. The lowest BCUT2D eigenvalue weighted by molar-refractivity contribution is 0.284. The summed E-state index contributed by atoms with van der Waals surface area (Å²) >= 11 is 0. The minimum atomic E-state index is 0.725. The van der Waals surface area contributed by atoms with E-state index in [0.717, 1.165) is 45.1 Å². The van der Waals surface area contributed by atoms with Crippen molar-refractivity contribution in [2.24, 2.45) is 0 Å². The fourth-order valence-corrected chi connectivity index (χ4v) is 2.52. The maximum Gasteiger partial charge on any atom is 0.125 e. The zero-order chi connectivity index (χ0) is 15.0. The van der Waals surface area contributed by atoms with Crippen molar-refractivity contribution in [2.45, 2.75) is 34.6 Å². The van der Waals surface area contributed by atoms with Crippen LogP contribution in [0.3, 0.4) is 0 Å². The SMILES string of the molecule is CCN(CC)CCNCCOc1c(C)cc(C)cc1C. The summed E-state index contributed by atoms with van der Waals surface area (Å²) < 4.78 is 5.91. The lowest BCUT2D eigenvalue weighted by atomic mass is 10.1. The van der Waals surface area contributed by atoms with Gasteiger partial charge in [0, 0.05) is 19.6 Å². The Morgan fingerprint density at radius 2 is 1.60 bits per heavy atom. The molecule has 0 aliphatic rings. The van der Waals surface area contributed by atoms with Crippen LogP contribution in [0.5, 0.6) is 5.75 Å². The Bertz CT molecular complexity index is 377. The first-order chi connectivity index (χ1) is 9.58. The fraction of sp³-hybridized carbons (Fsp3) is 0.647. The number of likely N-dealkylation sites (N-methyl/N-ethyl adjacent to an activating group) is 1. The molecule has 0 bridgehead atoms. The summed E-state index contributed by atoms with van der Waals surface area (Å²) in [6.45, 7) is 16.8. The van der Waals surface area contributed by atoms with E-state index < -0.39 is 0 Å². The molecule has 0 atom stereocenters. The van der Waals surface area contributed by atoms with Crippen LogP contribution in [0.25, 0.3) is 0 Å². The molecule has 0 aliphatic carbocycles. The van der Waals surface area contributed by atoms with E-state index in [2.05, 4.69) is 57.0 Å². The molecule has 0 aliphatic heterocycles. The van der Waals surface area contributed by atoms with Crippen molar-refractivity contribution in [3.8, 4) is 5.75 Å². The third-order valence-electron chi connectivity index (χ3n) is 3.63. The molecule has 0 aromatic heterocycles. The van der Waals surface area contributed by atoms with Gasteiger partial charge < -0.3 is 15.0 Å². The maximum atomic E-state index is 5.91. The van der Waals surface area contributed by atoms with E-state index in [4.69, 9.17) is 4.74 Å². The normalized spacial score (nSPS) is 11.1. The van der Waals surface area contributed by atoms with Crippen molar-refractivity contribution in [3.05, 3.63) is 28.8 Å². The number of hydrogen-bond acceptors (Lipinski definition) is 3. The Morgan fingerprint density at radius 3 is 2.15 bits per heavy atom. The molecule has 0 amide bonds. The number of ether oxygens (including phenoxy) is 1. The van der Waals surface area contributed by atoms with Crippen molar-refractivity contribution in [1.29, 1.82) is 0 Å². The predicted octanol–water partition coefficient (Wildman–Crippen LogP) is 2.92. The van der Waals surface area contributed by atoms with Crippen LogP contribution in [-0.2, 0) is 0 Å². The van der Waals surface area contributed by atoms with Crippen molar-refractivity contribution < 1.29 is 4.74 Å². The average Bonchev–Trinajstić information content (AvgIpc) is 2.40. The first kappa shape index (κ1) is 17.0. The molecule has 1 N–H and O–H groups in total. The van der Waals surface area contributed by atoms with E-state index in [-0.39, 0.29) is 0 Å². The zero-order valence-corrected chi connectivity index (χ0v) is 13.8. The molecule has 3 nitrogen and oxygen atoms in total. The molecule has 0 heterocycles. The van der Waals surface area contributed by atoms with Gasteiger partial charge in [-0.05, 0) is 45.0 Å². The van der Waals surface area contributed by atoms with Crippen LogP contribution < -0.4 is 10.1 Å². The number of hydrogen-bond donors (Lipinski definition) is 1. The predicted molar refractivity (Wildman–Crippen MR) is 86.8 cm³/mol. The van der Waals surface area contributed by atoms with Crippen LogP contribution in [0.15, 0.2) is 12.1 Å². The fourth-order valence-electron chi connectivity index (χ4n) is 2.52. The highest BCUT2D eigenvalue weighted by Gasteiger charge is 2.04. The number of nitrogens with one attached hydrogen (secondary N) is 1. The van der Waals surface area contributed by atoms with Gasteiger partial charge in [-0.3, -0.25) is 0 Å². The molecule has 0 spiro atoms. The van der Waals surface area contributed by atoms with Gasteiger partial charge in [-0.25, -0.2) is 0 Å². The van der Waals surface area contributed by atoms with E-state index in [9.17, 15) is 0 Å². The Labute approximate surface area is 124 Å². The number of benzene rings is 1.